The first kappa shape index (κ1) is 10.1. The second-order valence-corrected chi connectivity index (χ2v) is 3.05. The van der Waals surface area contributed by atoms with E-state index in [1.165, 1.54) is 4.40 Å². The first-order valence-corrected chi connectivity index (χ1v) is 4.22. The van der Waals surface area contributed by atoms with Crippen molar-refractivity contribution in [2.75, 3.05) is 0 Å². The summed E-state index contributed by atoms with van der Waals surface area (Å²) in [5.74, 6) is 0. The van der Waals surface area contributed by atoms with Gasteiger partial charge in [-0.2, -0.15) is 0 Å². The van der Waals surface area contributed by atoms with Crippen molar-refractivity contribution < 1.29 is 21.1 Å². The SMILES string of the molecule is O=c1[nH]c2ccccc2c2cn[c-]n12.[W]. The first-order chi connectivity index (χ1) is 6.86. The molecule has 0 fully saturated rings. The van der Waals surface area contributed by atoms with E-state index in [4.69, 9.17) is 0 Å². The molecule has 4 nitrogen and oxygen atoms in total. The Morgan fingerprint density at radius 2 is 2.13 bits per heavy atom. The van der Waals surface area contributed by atoms with Crippen LogP contribution in [0.5, 0.6) is 0 Å². The van der Waals surface area contributed by atoms with Crippen molar-refractivity contribution in [2.24, 2.45) is 0 Å². The Labute approximate surface area is 99.2 Å². The normalized spacial score (nSPS) is 10.4. The predicted molar refractivity (Wildman–Crippen MR) is 52.2 cm³/mol. The minimum atomic E-state index is -0.212. The number of nitrogens with one attached hydrogen (secondary N) is 1. The van der Waals surface area contributed by atoms with Crippen molar-refractivity contribution in [3.63, 3.8) is 0 Å². The Morgan fingerprint density at radius 3 is 3.00 bits per heavy atom. The molecular weight excluding hydrogens is 362 g/mol. The monoisotopic (exact) mass is 368 g/mol. The average Bonchev–Trinajstić information content (AvgIpc) is 2.67. The largest absolute Gasteiger partial charge is 0.379 e. The van der Waals surface area contributed by atoms with E-state index in [2.05, 4.69) is 16.3 Å². The van der Waals surface area contributed by atoms with Crippen LogP contribution in [0.15, 0.2) is 35.3 Å². The minimum Gasteiger partial charge on any atom is -0.379 e. The third kappa shape index (κ3) is 1.41. The molecule has 0 aliphatic carbocycles. The van der Waals surface area contributed by atoms with Gasteiger partial charge in [0.25, 0.3) is 0 Å². The fourth-order valence-electron chi connectivity index (χ4n) is 1.59. The molecule has 0 amide bonds. The summed E-state index contributed by atoms with van der Waals surface area (Å²) < 4.78 is 1.38. The molecule has 0 atom stereocenters. The van der Waals surface area contributed by atoms with Gasteiger partial charge in [0.2, 0.25) is 5.69 Å². The van der Waals surface area contributed by atoms with Gasteiger partial charge in [-0.1, -0.05) is 24.4 Å². The van der Waals surface area contributed by atoms with Gasteiger partial charge >= 0.3 is 0 Å². The van der Waals surface area contributed by atoms with Gasteiger partial charge in [-0.15, -0.1) is 0 Å². The number of para-hydroxylation sites is 1. The summed E-state index contributed by atoms with van der Waals surface area (Å²) in [4.78, 5) is 18.1. The summed E-state index contributed by atoms with van der Waals surface area (Å²) in [6.07, 6.45) is 4.24. The molecule has 0 spiro atoms. The van der Waals surface area contributed by atoms with E-state index in [1.807, 2.05) is 24.3 Å². The van der Waals surface area contributed by atoms with Crippen LogP contribution >= 0.6 is 0 Å². The smallest absolute Gasteiger partial charge is 0.245 e. The molecule has 1 N–H and O–H groups in total. The van der Waals surface area contributed by atoms with Crippen LogP contribution in [0.1, 0.15) is 0 Å². The number of imidazole rings is 1. The second kappa shape index (κ2) is 3.63. The summed E-state index contributed by atoms with van der Waals surface area (Å²) in [5, 5.41) is 0.973. The summed E-state index contributed by atoms with van der Waals surface area (Å²) in [6.45, 7) is 0. The number of hydrogen-bond acceptors (Lipinski definition) is 2. The summed E-state index contributed by atoms with van der Waals surface area (Å²) in [5.41, 5.74) is 1.39. The Balaban J connectivity index is 0.000000853. The predicted octanol–water partition coefficient (Wildman–Crippen LogP) is 0.973. The Morgan fingerprint density at radius 1 is 1.33 bits per heavy atom. The average molecular weight is 368 g/mol. The summed E-state index contributed by atoms with van der Waals surface area (Å²) in [7, 11) is 0. The molecule has 0 saturated carbocycles. The second-order valence-electron chi connectivity index (χ2n) is 3.05. The summed E-state index contributed by atoms with van der Waals surface area (Å²) in [6, 6.07) is 7.61. The van der Waals surface area contributed by atoms with Crippen LogP contribution in [0, 0.1) is 6.33 Å². The van der Waals surface area contributed by atoms with Crippen LogP contribution < -0.4 is 5.69 Å². The van der Waals surface area contributed by atoms with Crippen LogP contribution in [-0.2, 0) is 21.1 Å². The molecule has 2 aromatic heterocycles. The zero-order valence-electron chi connectivity index (χ0n) is 7.60. The van der Waals surface area contributed by atoms with Gasteiger partial charge in [0, 0.05) is 32.9 Å². The van der Waals surface area contributed by atoms with Crippen molar-refractivity contribution in [2.45, 2.75) is 0 Å². The topological polar surface area (TPSA) is 50.2 Å². The maximum Gasteiger partial charge on any atom is 0.245 e. The molecule has 15 heavy (non-hydrogen) atoms. The number of nitrogens with zero attached hydrogens (tertiary/aromatic N) is 2. The number of aromatic amines is 1. The number of rotatable bonds is 0. The molecule has 0 bridgehead atoms. The molecular formula is C10H6N3OW-. The van der Waals surface area contributed by atoms with Gasteiger partial charge in [-0.25, -0.2) is 0 Å². The fourth-order valence-corrected chi connectivity index (χ4v) is 1.59. The standard InChI is InChI=1S/C10H6N3O.W/c14-10-12-8-4-2-1-3-7(8)9-5-11-6-13(9)10;/h1-5H,(H,12,14);/q-1;. The maximum absolute atomic E-state index is 11.5. The van der Waals surface area contributed by atoms with Crippen LogP contribution in [0.2, 0.25) is 0 Å². The summed E-state index contributed by atoms with van der Waals surface area (Å²) >= 11 is 0. The third-order valence-corrected chi connectivity index (χ3v) is 2.23. The number of benzene rings is 1. The van der Waals surface area contributed by atoms with E-state index in [0.29, 0.717) is 0 Å². The Hall–Kier alpha value is -1.41. The van der Waals surface area contributed by atoms with E-state index in [1.54, 1.807) is 6.20 Å². The molecule has 0 radical (unpaired) electrons. The molecule has 0 unspecified atom stereocenters. The van der Waals surface area contributed by atoms with Crippen LogP contribution in [0.4, 0.5) is 0 Å². The van der Waals surface area contributed by atoms with Gasteiger partial charge in [-0.3, -0.25) is 0 Å². The first-order valence-electron chi connectivity index (χ1n) is 4.22. The Bertz CT molecular complexity index is 671. The van der Waals surface area contributed by atoms with Crippen LogP contribution in [0.3, 0.4) is 0 Å². The molecule has 5 heteroatoms. The molecule has 0 aliphatic heterocycles. The fraction of sp³-hybridized carbons (Fsp3) is 0. The zero-order valence-corrected chi connectivity index (χ0v) is 10.5. The quantitative estimate of drug-likeness (QED) is 0.602. The number of hydrogen-bond donors (Lipinski definition) is 1. The molecule has 0 saturated heterocycles. The molecule has 74 valence electrons. The van der Waals surface area contributed by atoms with Crippen molar-refractivity contribution in [1.82, 2.24) is 14.4 Å². The van der Waals surface area contributed by atoms with Crippen molar-refractivity contribution >= 4 is 16.4 Å². The van der Waals surface area contributed by atoms with E-state index in [-0.39, 0.29) is 26.8 Å². The van der Waals surface area contributed by atoms with Gasteiger partial charge in [-0.05, 0) is 17.0 Å². The molecule has 0 aliphatic rings. The minimum absolute atomic E-state index is 0. The van der Waals surface area contributed by atoms with Gasteiger partial charge in [0.15, 0.2) is 0 Å². The van der Waals surface area contributed by atoms with Gasteiger partial charge in [0.1, 0.15) is 0 Å². The number of fused-ring (bicyclic) bond motifs is 3. The maximum atomic E-state index is 11.5. The molecule has 3 aromatic rings. The Kier molecular flexibility index (Phi) is 2.45. The molecule has 2 heterocycles. The molecule has 1 aromatic carbocycles. The number of H-pyrrole nitrogens is 1. The van der Waals surface area contributed by atoms with E-state index < -0.39 is 0 Å². The molecule has 3 rings (SSSR count). The number of aromatic nitrogens is 3. The van der Waals surface area contributed by atoms with Gasteiger partial charge < -0.3 is 19.2 Å². The van der Waals surface area contributed by atoms with Crippen LogP contribution in [-0.4, -0.2) is 14.4 Å². The van der Waals surface area contributed by atoms with Crippen LogP contribution in [0.25, 0.3) is 16.4 Å². The van der Waals surface area contributed by atoms with Gasteiger partial charge in [0.05, 0.1) is 0 Å². The van der Waals surface area contributed by atoms with E-state index in [0.717, 1.165) is 16.4 Å². The van der Waals surface area contributed by atoms with Crippen molar-refractivity contribution in [1.29, 1.82) is 0 Å². The zero-order chi connectivity index (χ0) is 9.54. The van der Waals surface area contributed by atoms with Crippen molar-refractivity contribution in [3.05, 3.63) is 47.3 Å². The third-order valence-electron chi connectivity index (χ3n) is 2.23. The van der Waals surface area contributed by atoms with Crippen molar-refractivity contribution in [3.8, 4) is 0 Å². The van der Waals surface area contributed by atoms with E-state index >= 15 is 0 Å². The van der Waals surface area contributed by atoms with E-state index in [9.17, 15) is 4.79 Å².